The fraction of sp³-hybridized carbons (Fsp3) is 0.583. The molecule has 0 saturated heterocycles. The van der Waals surface area contributed by atoms with Crippen LogP contribution in [0, 0.1) is 0 Å². The third-order valence-corrected chi connectivity index (χ3v) is 3.64. The van der Waals surface area contributed by atoms with Gasteiger partial charge in [0.25, 0.3) is 0 Å². The Balaban J connectivity index is 3.11. The van der Waals surface area contributed by atoms with Crippen molar-refractivity contribution in [3.05, 3.63) is 18.0 Å². The van der Waals surface area contributed by atoms with Gasteiger partial charge in [0.2, 0.25) is 10.0 Å². The molecule has 0 aliphatic rings. The van der Waals surface area contributed by atoms with Gasteiger partial charge in [0, 0.05) is 12.7 Å². The number of nitrogens with two attached hydrogens (primary N) is 1. The molecule has 1 heterocycles. The first-order valence-electron chi connectivity index (χ1n) is 6.23. The fourth-order valence-corrected chi connectivity index (χ4v) is 2.11. The SMILES string of the molecule is CCCn1cc(S(N)(=O)=O)cc1C(=O)OC(C)CC. The van der Waals surface area contributed by atoms with Gasteiger partial charge in [0.05, 0.1) is 6.10 Å². The number of aryl methyl sites for hydroxylation is 1. The largest absolute Gasteiger partial charge is 0.458 e. The van der Waals surface area contributed by atoms with Gasteiger partial charge in [-0.2, -0.15) is 0 Å². The second kappa shape index (κ2) is 6.21. The second-order valence-corrected chi connectivity index (χ2v) is 5.99. The van der Waals surface area contributed by atoms with Crippen LogP contribution in [0.3, 0.4) is 0 Å². The Morgan fingerprint density at radius 1 is 1.47 bits per heavy atom. The fourth-order valence-electron chi connectivity index (χ4n) is 1.56. The molecule has 0 fully saturated rings. The summed E-state index contributed by atoms with van der Waals surface area (Å²) in [4.78, 5) is 11.9. The van der Waals surface area contributed by atoms with Crippen molar-refractivity contribution in [3.8, 4) is 0 Å². The molecule has 0 amide bonds. The van der Waals surface area contributed by atoms with E-state index in [1.54, 1.807) is 11.5 Å². The number of esters is 1. The van der Waals surface area contributed by atoms with Gasteiger partial charge in [0.1, 0.15) is 10.6 Å². The van der Waals surface area contributed by atoms with Crippen LogP contribution < -0.4 is 5.14 Å². The maximum atomic E-state index is 12.0. The highest BCUT2D eigenvalue weighted by Gasteiger charge is 2.20. The highest BCUT2D eigenvalue weighted by Crippen LogP contribution is 2.16. The van der Waals surface area contributed by atoms with E-state index >= 15 is 0 Å². The number of rotatable bonds is 6. The number of carbonyl (C=O) groups excluding carboxylic acids is 1. The standard InChI is InChI=1S/C12H20N2O4S/c1-4-6-14-8-10(19(13,16)17)7-11(14)12(15)18-9(3)5-2/h7-9H,4-6H2,1-3H3,(H2,13,16,17). The average molecular weight is 288 g/mol. The predicted molar refractivity (Wildman–Crippen MR) is 71.3 cm³/mol. The summed E-state index contributed by atoms with van der Waals surface area (Å²) in [6, 6.07) is 1.26. The highest BCUT2D eigenvalue weighted by atomic mass is 32.2. The van der Waals surface area contributed by atoms with E-state index in [4.69, 9.17) is 9.88 Å². The number of aromatic nitrogens is 1. The van der Waals surface area contributed by atoms with E-state index in [-0.39, 0.29) is 16.7 Å². The van der Waals surface area contributed by atoms with Crippen LogP contribution >= 0.6 is 0 Å². The maximum Gasteiger partial charge on any atom is 0.355 e. The van der Waals surface area contributed by atoms with E-state index in [1.165, 1.54) is 12.3 Å². The molecule has 0 saturated carbocycles. The van der Waals surface area contributed by atoms with Crippen molar-refractivity contribution in [2.24, 2.45) is 5.14 Å². The molecule has 0 aliphatic carbocycles. The summed E-state index contributed by atoms with van der Waals surface area (Å²) in [5.41, 5.74) is 0.214. The minimum atomic E-state index is -3.82. The smallest absolute Gasteiger partial charge is 0.355 e. The Morgan fingerprint density at radius 2 is 2.11 bits per heavy atom. The van der Waals surface area contributed by atoms with Crippen molar-refractivity contribution in [2.45, 2.75) is 51.2 Å². The van der Waals surface area contributed by atoms with Gasteiger partial charge in [-0.05, 0) is 25.8 Å². The van der Waals surface area contributed by atoms with Gasteiger partial charge in [-0.1, -0.05) is 13.8 Å². The van der Waals surface area contributed by atoms with Crippen LogP contribution in [0.2, 0.25) is 0 Å². The molecule has 6 nitrogen and oxygen atoms in total. The van der Waals surface area contributed by atoms with Crippen molar-refractivity contribution in [1.82, 2.24) is 4.57 Å². The van der Waals surface area contributed by atoms with Crippen molar-refractivity contribution < 1.29 is 17.9 Å². The van der Waals surface area contributed by atoms with Crippen LogP contribution in [-0.4, -0.2) is 25.1 Å². The first-order valence-corrected chi connectivity index (χ1v) is 7.78. The Labute approximate surface area is 113 Å². The number of nitrogens with zero attached hydrogens (tertiary/aromatic N) is 1. The molecule has 0 aromatic carbocycles. The van der Waals surface area contributed by atoms with E-state index in [9.17, 15) is 13.2 Å². The molecular formula is C12H20N2O4S. The molecule has 1 atom stereocenters. The third-order valence-electron chi connectivity index (χ3n) is 2.76. The Hall–Kier alpha value is -1.34. The summed E-state index contributed by atoms with van der Waals surface area (Å²) in [5, 5.41) is 5.07. The lowest BCUT2D eigenvalue weighted by atomic mass is 10.3. The Bertz CT molecular complexity index is 548. The lowest BCUT2D eigenvalue weighted by Gasteiger charge is -2.12. The number of hydrogen-bond acceptors (Lipinski definition) is 4. The molecule has 1 rings (SSSR count). The number of ether oxygens (including phenoxy) is 1. The molecule has 0 bridgehead atoms. The number of carbonyl (C=O) groups is 1. The van der Waals surface area contributed by atoms with Crippen LogP contribution in [0.15, 0.2) is 17.2 Å². The lowest BCUT2D eigenvalue weighted by molar-refractivity contribution is 0.0322. The molecule has 0 aliphatic heterocycles. The van der Waals surface area contributed by atoms with Gasteiger partial charge in [-0.3, -0.25) is 0 Å². The van der Waals surface area contributed by atoms with E-state index in [0.29, 0.717) is 13.0 Å². The summed E-state index contributed by atoms with van der Waals surface area (Å²) >= 11 is 0. The van der Waals surface area contributed by atoms with Crippen molar-refractivity contribution in [1.29, 1.82) is 0 Å². The van der Waals surface area contributed by atoms with Gasteiger partial charge >= 0.3 is 5.97 Å². The van der Waals surface area contributed by atoms with Gasteiger partial charge in [0.15, 0.2) is 0 Å². The van der Waals surface area contributed by atoms with E-state index < -0.39 is 16.0 Å². The monoisotopic (exact) mass is 288 g/mol. The average Bonchev–Trinajstić information content (AvgIpc) is 2.73. The molecule has 0 spiro atoms. The second-order valence-electron chi connectivity index (χ2n) is 4.42. The molecule has 2 N–H and O–H groups in total. The van der Waals surface area contributed by atoms with E-state index in [0.717, 1.165) is 6.42 Å². The molecule has 1 aromatic rings. The van der Waals surface area contributed by atoms with E-state index in [1.807, 2.05) is 13.8 Å². The van der Waals surface area contributed by atoms with Crippen LogP contribution in [-0.2, 0) is 21.3 Å². The van der Waals surface area contributed by atoms with E-state index in [2.05, 4.69) is 0 Å². The molecule has 7 heteroatoms. The van der Waals surface area contributed by atoms with Gasteiger partial charge < -0.3 is 9.30 Å². The lowest BCUT2D eigenvalue weighted by Crippen LogP contribution is -2.17. The summed E-state index contributed by atoms with van der Waals surface area (Å²) in [5.74, 6) is -0.530. The number of sulfonamides is 1. The Kier molecular flexibility index (Phi) is 5.13. The zero-order valence-electron chi connectivity index (χ0n) is 11.4. The van der Waals surface area contributed by atoms with Gasteiger partial charge in [-0.25, -0.2) is 18.4 Å². The quantitative estimate of drug-likeness (QED) is 0.803. The van der Waals surface area contributed by atoms with Crippen molar-refractivity contribution in [2.75, 3.05) is 0 Å². The first-order chi connectivity index (χ1) is 8.79. The zero-order valence-corrected chi connectivity index (χ0v) is 12.2. The summed E-state index contributed by atoms with van der Waals surface area (Å²) in [7, 11) is -3.82. The molecule has 0 radical (unpaired) electrons. The van der Waals surface area contributed by atoms with Crippen LogP contribution in [0.4, 0.5) is 0 Å². The van der Waals surface area contributed by atoms with Crippen molar-refractivity contribution in [3.63, 3.8) is 0 Å². The zero-order chi connectivity index (χ0) is 14.6. The minimum Gasteiger partial charge on any atom is -0.458 e. The summed E-state index contributed by atoms with van der Waals surface area (Å²) < 4.78 is 29.4. The van der Waals surface area contributed by atoms with Crippen LogP contribution in [0.5, 0.6) is 0 Å². The van der Waals surface area contributed by atoms with Crippen LogP contribution in [0.1, 0.15) is 44.1 Å². The summed E-state index contributed by atoms with van der Waals surface area (Å²) in [6.45, 7) is 6.14. The van der Waals surface area contributed by atoms with Crippen LogP contribution in [0.25, 0.3) is 0 Å². The van der Waals surface area contributed by atoms with Gasteiger partial charge in [-0.15, -0.1) is 0 Å². The molecular weight excluding hydrogens is 268 g/mol. The summed E-state index contributed by atoms with van der Waals surface area (Å²) in [6.07, 6.45) is 2.62. The topological polar surface area (TPSA) is 91.4 Å². The number of primary sulfonamides is 1. The van der Waals surface area contributed by atoms with Crippen molar-refractivity contribution >= 4 is 16.0 Å². The molecule has 1 aromatic heterocycles. The normalized spacial score (nSPS) is 13.3. The predicted octanol–water partition coefficient (Wildman–Crippen LogP) is 1.50. The Morgan fingerprint density at radius 3 is 2.58 bits per heavy atom. The third kappa shape index (κ3) is 4.07. The highest BCUT2D eigenvalue weighted by molar-refractivity contribution is 7.89. The minimum absolute atomic E-state index is 0.0722. The molecule has 108 valence electrons. The number of hydrogen-bond donors (Lipinski definition) is 1. The molecule has 1 unspecified atom stereocenters. The first kappa shape index (κ1) is 15.7. The maximum absolute atomic E-state index is 12.0. The molecule has 19 heavy (non-hydrogen) atoms.